The Bertz CT molecular complexity index is 1020. The summed E-state index contributed by atoms with van der Waals surface area (Å²) in [4.78, 5) is 24.7. The molecule has 26 heavy (non-hydrogen) atoms. The molecule has 0 aliphatic rings. The van der Waals surface area contributed by atoms with Gasteiger partial charge in [0.05, 0.1) is 24.4 Å². The lowest BCUT2D eigenvalue weighted by Gasteiger charge is -2.14. The Morgan fingerprint density at radius 3 is 2.81 bits per heavy atom. The van der Waals surface area contributed by atoms with Crippen LogP contribution in [0.3, 0.4) is 0 Å². The SMILES string of the molecule is CCOc1ccc2c(C(=O)NC(C)c3cnn(C)c3C)cc(=O)oc2c1. The standard InChI is InChI=1S/C19H21N3O4/c1-5-25-13-6-7-14-15(9-18(23)26-17(14)8-13)19(24)21-11(2)16-10-20-22(4)12(16)3/h6-11H,5H2,1-4H3,(H,21,24). The van der Waals surface area contributed by atoms with Crippen LogP contribution >= 0.6 is 0 Å². The third-order valence-corrected chi connectivity index (χ3v) is 4.36. The monoisotopic (exact) mass is 355 g/mol. The topological polar surface area (TPSA) is 86.4 Å². The molecule has 3 rings (SSSR count). The van der Waals surface area contributed by atoms with Crippen LogP contribution in [0.25, 0.3) is 11.0 Å². The van der Waals surface area contributed by atoms with Crippen LogP contribution in [0.2, 0.25) is 0 Å². The van der Waals surface area contributed by atoms with Crippen molar-refractivity contribution in [3.8, 4) is 5.75 Å². The minimum atomic E-state index is -0.582. The minimum absolute atomic E-state index is 0.249. The van der Waals surface area contributed by atoms with Crippen molar-refractivity contribution in [2.75, 3.05) is 6.61 Å². The van der Waals surface area contributed by atoms with Crippen molar-refractivity contribution >= 4 is 16.9 Å². The highest BCUT2D eigenvalue weighted by atomic mass is 16.5. The molecule has 3 aromatic rings. The molecule has 0 saturated carbocycles. The lowest BCUT2D eigenvalue weighted by Crippen LogP contribution is -2.28. The number of benzene rings is 1. The van der Waals surface area contributed by atoms with Crippen molar-refractivity contribution in [1.29, 1.82) is 0 Å². The van der Waals surface area contributed by atoms with Gasteiger partial charge in [0.1, 0.15) is 11.3 Å². The molecule has 1 atom stereocenters. The molecule has 0 saturated heterocycles. The lowest BCUT2D eigenvalue weighted by molar-refractivity contribution is 0.0941. The van der Waals surface area contributed by atoms with E-state index in [-0.39, 0.29) is 17.5 Å². The van der Waals surface area contributed by atoms with E-state index < -0.39 is 5.63 Å². The number of hydrogen-bond donors (Lipinski definition) is 1. The second-order valence-corrected chi connectivity index (χ2v) is 6.07. The molecule has 0 fully saturated rings. The summed E-state index contributed by atoms with van der Waals surface area (Å²) < 4.78 is 12.4. The zero-order chi connectivity index (χ0) is 18.8. The molecule has 1 unspecified atom stereocenters. The number of ether oxygens (including phenoxy) is 1. The first-order valence-electron chi connectivity index (χ1n) is 8.40. The molecular formula is C19H21N3O4. The van der Waals surface area contributed by atoms with Crippen molar-refractivity contribution in [2.45, 2.75) is 26.8 Å². The second-order valence-electron chi connectivity index (χ2n) is 6.07. The molecule has 1 N–H and O–H groups in total. The van der Waals surface area contributed by atoms with Gasteiger partial charge in [0.25, 0.3) is 5.91 Å². The number of rotatable bonds is 5. The highest BCUT2D eigenvalue weighted by molar-refractivity contribution is 6.05. The van der Waals surface area contributed by atoms with Crippen LogP contribution in [-0.2, 0) is 7.05 Å². The summed E-state index contributed by atoms with van der Waals surface area (Å²) in [6.45, 7) is 6.18. The Kier molecular flexibility index (Phi) is 4.79. The van der Waals surface area contributed by atoms with E-state index in [0.29, 0.717) is 23.3 Å². The van der Waals surface area contributed by atoms with Gasteiger partial charge in [-0.15, -0.1) is 0 Å². The third-order valence-electron chi connectivity index (χ3n) is 4.36. The predicted molar refractivity (Wildman–Crippen MR) is 97.5 cm³/mol. The van der Waals surface area contributed by atoms with Gasteiger partial charge in [-0.05, 0) is 32.9 Å². The first-order valence-corrected chi connectivity index (χ1v) is 8.40. The number of nitrogens with one attached hydrogen (secondary N) is 1. The van der Waals surface area contributed by atoms with Crippen LogP contribution in [0.5, 0.6) is 5.75 Å². The van der Waals surface area contributed by atoms with Gasteiger partial charge < -0.3 is 14.5 Å². The molecule has 7 nitrogen and oxygen atoms in total. The fourth-order valence-corrected chi connectivity index (χ4v) is 2.88. The summed E-state index contributed by atoms with van der Waals surface area (Å²) in [6, 6.07) is 6.04. The Labute approximate surface area is 150 Å². The summed E-state index contributed by atoms with van der Waals surface area (Å²) >= 11 is 0. The summed E-state index contributed by atoms with van der Waals surface area (Å²) in [5.74, 6) is 0.239. The second kappa shape index (κ2) is 7.03. The minimum Gasteiger partial charge on any atom is -0.494 e. The summed E-state index contributed by atoms with van der Waals surface area (Å²) in [5.41, 5.74) is 1.90. The average molecular weight is 355 g/mol. The highest BCUT2D eigenvalue weighted by Gasteiger charge is 2.19. The van der Waals surface area contributed by atoms with Crippen molar-refractivity contribution in [3.63, 3.8) is 0 Å². The van der Waals surface area contributed by atoms with E-state index in [1.807, 2.05) is 27.8 Å². The third kappa shape index (κ3) is 3.33. The van der Waals surface area contributed by atoms with E-state index >= 15 is 0 Å². The highest BCUT2D eigenvalue weighted by Crippen LogP contribution is 2.24. The van der Waals surface area contributed by atoms with E-state index in [1.165, 1.54) is 6.07 Å². The zero-order valence-corrected chi connectivity index (χ0v) is 15.2. The number of nitrogens with zero attached hydrogens (tertiary/aromatic N) is 2. The van der Waals surface area contributed by atoms with Crippen molar-refractivity contribution < 1.29 is 13.9 Å². The maximum atomic E-state index is 12.8. The van der Waals surface area contributed by atoms with Crippen molar-refractivity contribution in [2.24, 2.45) is 7.05 Å². The zero-order valence-electron chi connectivity index (χ0n) is 15.2. The van der Waals surface area contributed by atoms with Crippen LogP contribution in [0.15, 0.2) is 39.7 Å². The summed E-state index contributed by atoms with van der Waals surface area (Å²) in [7, 11) is 1.85. The molecule has 0 aliphatic carbocycles. The molecule has 0 aliphatic heterocycles. The van der Waals surface area contributed by atoms with Gasteiger partial charge >= 0.3 is 5.63 Å². The lowest BCUT2D eigenvalue weighted by atomic mass is 10.1. The number of carbonyl (C=O) groups is 1. The molecular weight excluding hydrogens is 334 g/mol. The molecule has 0 radical (unpaired) electrons. The number of fused-ring (bicyclic) bond motifs is 1. The molecule has 2 heterocycles. The largest absolute Gasteiger partial charge is 0.494 e. The van der Waals surface area contributed by atoms with Gasteiger partial charge in [0, 0.05) is 35.8 Å². The van der Waals surface area contributed by atoms with Gasteiger partial charge in [0.15, 0.2) is 0 Å². The van der Waals surface area contributed by atoms with Crippen LogP contribution in [0.4, 0.5) is 0 Å². The van der Waals surface area contributed by atoms with Gasteiger partial charge in [-0.3, -0.25) is 9.48 Å². The first kappa shape index (κ1) is 17.7. The summed E-state index contributed by atoms with van der Waals surface area (Å²) in [5, 5.41) is 7.67. The van der Waals surface area contributed by atoms with E-state index in [4.69, 9.17) is 9.15 Å². The molecule has 136 valence electrons. The van der Waals surface area contributed by atoms with Crippen molar-refractivity contribution in [1.82, 2.24) is 15.1 Å². The molecule has 7 heteroatoms. The van der Waals surface area contributed by atoms with Crippen LogP contribution in [-0.4, -0.2) is 22.3 Å². The van der Waals surface area contributed by atoms with Crippen LogP contribution in [0, 0.1) is 6.92 Å². The van der Waals surface area contributed by atoms with E-state index in [2.05, 4.69) is 10.4 Å². The maximum Gasteiger partial charge on any atom is 0.337 e. The normalized spacial score (nSPS) is 12.2. The predicted octanol–water partition coefficient (Wildman–Crippen LogP) is 2.72. The Hall–Kier alpha value is -3.09. The molecule has 0 bridgehead atoms. The Balaban J connectivity index is 1.95. The molecule has 1 amide bonds. The number of aromatic nitrogens is 2. The Morgan fingerprint density at radius 1 is 1.38 bits per heavy atom. The quantitative estimate of drug-likeness (QED) is 0.711. The van der Waals surface area contributed by atoms with Crippen molar-refractivity contribution in [3.05, 3.63) is 57.7 Å². The van der Waals surface area contributed by atoms with Crippen LogP contribution < -0.4 is 15.7 Å². The molecule has 2 aromatic heterocycles. The number of carbonyl (C=O) groups excluding carboxylic acids is 1. The fourth-order valence-electron chi connectivity index (χ4n) is 2.88. The van der Waals surface area contributed by atoms with Gasteiger partial charge in [-0.1, -0.05) is 0 Å². The number of hydrogen-bond acceptors (Lipinski definition) is 5. The van der Waals surface area contributed by atoms with Gasteiger partial charge in [-0.25, -0.2) is 4.79 Å². The fraction of sp³-hybridized carbons (Fsp3) is 0.316. The number of amides is 1. The van der Waals surface area contributed by atoms with E-state index in [0.717, 1.165) is 11.3 Å². The maximum absolute atomic E-state index is 12.8. The first-order chi connectivity index (χ1) is 12.4. The molecule has 0 spiro atoms. The molecule has 1 aromatic carbocycles. The van der Waals surface area contributed by atoms with E-state index in [1.54, 1.807) is 29.1 Å². The smallest absolute Gasteiger partial charge is 0.337 e. The van der Waals surface area contributed by atoms with Crippen LogP contribution in [0.1, 0.15) is 41.5 Å². The van der Waals surface area contributed by atoms with Gasteiger partial charge in [-0.2, -0.15) is 5.10 Å². The van der Waals surface area contributed by atoms with Gasteiger partial charge in [0.2, 0.25) is 0 Å². The summed E-state index contributed by atoms with van der Waals surface area (Å²) in [6.07, 6.45) is 1.73. The Morgan fingerprint density at radius 2 is 2.15 bits per heavy atom. The number of aryl methyl sites for hydroxylation is 1. The average Bonchev–Trinajstić information content (AvgIpc) is 2.93. The van der Waals surface area contributed by atoms with E-state index in [9.17, 15) is 9.59 Å².